The van der Waals surface area contributed by atoms with Crippen molar-refractivity contribution in [1.82, 2.24) is 0 Å². The van der Waals surface area contributed by atoms with Gasteiger partial charge in [-0.05, 0) is 25.1 Å². The first-order valence-electron chi connectivity index (χ1n) is 6.24. The van der Waals surface area contributed by atoms with Gasteiger partial charge in [-0.1, -0.05) is 29.8 Å². The van der Waals surface area contributed by atoms with Crippen LogP contribution >= 0.6 is 11.6 Å². The number of hydrogen-bond acceptors (Lipinski definition) is 4. The average molecular weight is 303 g/mol. The van der Waals surface area contributed by atoms with E-state index in [9.17, 15) is 15.0 Å². The maximum atomic E-state index is 12.7. The third kappa shape index (κ3) is 2.04. The van der Waals surface area contributed by atoms with Crippen molar-refractivity contribution in [3.8, 4) is 22.6 Å². The molecule has 2 N–H and O–H groups in total. The standard InChI is InChI=1S/C16H11ClO4/c1-8-13(9-4-2-3-5-11(9)17)14(19)10-6-7-12(18)15(20)16(10)21-8/h2-7,18,20H,1H3. The van der Waals surface area contributed by atoms with Crippen molar-refractivity contribution in [1.29, 1.82) is 0 Å². The average Bonchev–Trinajstić information content (AvgIpc) is 2.45. The van der Waals surface area contributed by atoms with Crippen LogP contribution < -0.4 is 5.43 Å². The Morgan fingerprint density at radius 3 is 2.52 bits per heavy atom. The quantitative estimate of drug-likeness (QED) is 0.670. The molecule has 0 aliphatic rings. The van der Waals surface area contributed by atoms with Crippen molar-refractivity contribution in [2.45, 2.75) is 6.92 Å². The van der Waals surface area contributed by atoms with Crippen LogP contribution in [0.15, 0.2) is 45.6 Å². The largest absolute Gasteiger partial charge is 0.504 e. The Kier molecular flexibility index (Phi) is 3.11. The van der Waals surface area contributed by atoms with Crippen molar-refractivity contribution in [3.05, 3.63) is 57.4 Å². The van der Waals surface area contributed by atoms with Crippen LogP contribution in [-0.2, 0) is 0 Å². The Morgan fingerprint density at radius 1 is 1.10 bits per heavy atom. The topological polar surface area (TPSA) is 70.7 Å². The monoisotopic (exact) mass is 302 g/mol. The lowest BCUT2D eigenvalue weighted by atomic mass is 10.0. The number of aromatic hydroxyl groups is 2. The molecule has 0 atom stereocenters. The minimum atomic E-state index is -0.446. The smallest absolute Gasteiger partial charge is 0.201 e. The number of rotatable bonds is 1. The van der Waals surface area contributed by atoms with Crippen molar-refractivity contribution < 1.29 is 14.6 Å². The molecular weight excluding hydrogens is 292 g/mol. The minimum Gasteiger partial charge on any atom is -0.504 e. The van der Waals surface area contributed by atoms with E-state index in [1.165, 1.54) is 12.1 Å². The summed E-state index contributed by atoms with van der Waals surface area (Å²) < 4.78 is 5.53. The van der Waals surface area contributed by atoms with Crippen LogP contribution in [0.5, 0.6) is 11.5 Å². The fourth-order valence-corrected chi connectivity index (χ4v) is 2.55. The third-order valence-corrected chi connectivity index (χ3v) is 3.66. The molecule has 0 amide bonds. The molecule has 0 radical (unpaired) electrons. The highest BCUT2D eigenvalue weighted by atomic mass is 35.5. The van der Waals surface area contributed by atoms with Crippen LogP contribution in [0.2, 0.25) is 5.02 Å². The molecule has 21 heavy (non-hydrogen) atoms. The van der Waals surface area contributed by atoms with Gasteiger partial charge in [0.05, 0.1) is 10.9 Å². The van der Waals surface area contributed by atoms with E-state index in [-0.39, 0.29) is 22.1 Å². The normalized spacial score (nSPS) is 11.0. The molecule has 0 aliphatic heterocycles. The molecule has 5 heteroatoms. The maximum Gasteiger partial charge on any atom is 0.201 e. The first kappa shape index (κ1) is 13.5. The second kappa shape index (κ2) is 4.82. The highest BCUT2D eigenvalue weighted by Crippen LogP contribution is 2.35. The van der Waals surface area contributed by atoms with Gasteiger partial charge >= 0.3 is 0 Å². The van der Waals surface area contributed by atoms with Crippen LogP contribution in [0.4, 0.5) is 0 Å². The van der Waals surface area contributed by atoms with Gasteiger partial charge in [-0.2, -0.15) is 0 Å². The summed E-state index contributed by atoms with van der Waals surface area (Å²) in [5.74, 6) is -0.463. The van der Waals surface area contributed by atoms with Crippen molar-refractivity contribution in [2.24, 2.45) is 0 Å². The Balaban J connectivity index is 2.45. The second-order valence-corrected chi connectivity index (χ2v) is 5.06. The highest BCUT2D eigenvalue weighted by molar-refractivity contribution is 6.33. The van der Waals surface area contributed by atoms with Crippen LogP contribution in [0.3, 0.4) is 0 Å². The summed E-state index contributed by atoms with van der Waals surface area (Å²) in [6, 6.07) is 9.63. The molecule has 2 aromatic carbocycles. The van der Waals surface area contributed by atoms with E-state index in [2.05, 4.69) is 0 Å². The molecule has 0 fully saturated rings. The number of phenolic OH excluding ortho intramolecular Hbond substituents is 2. The van der Waals surface area contributed by atoms with Crippen LogP contribution in [-0.4, -0.2) is 10.2 Å². The molecule has 0 saturated carbocycles. The predicted molar refractivity (Wildman–Crippen MR) is 81.0 cm³/mol. The lowest BCUT2D eigenvalue weighted by molar-refractivity contribution is 0.398. The summed E-state index contributed by atoms with van der Waals surface area (Å²) in [6.07, 6.45) is 0. The lowest BCUT2D eigenvalue weighted by Crippen LogP contribution is -2.07. The number of hydrogen-bond donors (Lipinski definition) is 2. The van der Waals surface area contributed by atoms with E-state index in [1.807, 2.05) is 0 Å². The van der Waals surface area contributed by atoms with Gasteiger partial charge in [-0.3, -0.25) is 4.79 Å². The third-order valence-electron chi connectivity index (χ3n) is 3.33. The Bertz CT molecular complexity index is 912. The van der Waals surface area contributed by atoms with E-state index in [0.717, 1.165) is 0 Å². The van der Waals surface area contributed by atoms with Gasteiger partial charge in [0.25, 0.3) is 0 Å². The molecule has 1 aromatic heterocycles. The summed E-state index contributed by atoms with van der Waals surface area (Å²) in [5, 5.41) is 19.9. The molecule has 3 rings (SSSR count). The number of benzene rings is 2. The Labute approximate surface area is 124 Å². The van der Waals surface area contributed by atoms with E-state index < -0.39 is 5.75 Å². The second-order valence-electron chi connectivity index (χ2n) is 4.65. The Morgan fingerprint density at radius 2 is 1.81 bits per heavy atom. The molecule has 3 aromatic rings. The Hall–Kier alpha value is -2.46. The molecule has 106 valence electrons. The highest BCUT2D eigenvalue weighted by Gasteiger charge is 2.18. The summed E-state index contributed by atoms with van der Waals surface area (Å²) in [5.41, 5.74) is 0.573. The molecule has 1 heterocycles. The zero-order chi connectivity index (χ0) is 15.1. The van der Waals surface area contributed by atoms with Gasteiger partial charge in [0.1, 0.15) is 5.76 Å². The van der Waals surface area contributed by atoms with E-state index in [1.54, 1.807) is 31.2 Å². The summed E-state index contributed by atoms with van der Waals surface area (Å²) in [7, 11) is 0. The predicted octanol–water partition coefficient (Wildman–Crippen LogP) is 3.83. The van der Waals surface area contributed by atoms with Gasteiger partial charge in [-0.15, -0.1) is 0 Å². The number of halogens is 1. The first-order valence-corrected chi connectivity index (χ1v) is 6.61. The summed E-state index contributed by atoms with van der Waals surface area (Å²) in [6.45, 7) is 1.61. The lowest BCUT2D eigenvalue weighted by Gasteiger charge is -2.09. The number of phenols is 2. The van der Waals surface area contributed by atoms with Crippen LogP contribution in [0.25, 0.3) is 22.1 Å². The van der Waals surface area contributed by atoms with E-state index >= 15 is 0 Å². The fraction of sp³-hybridized carbons (Fsp3) is 0.0625. The van der Waals surface area contributed by atoms with Crippen molar-refractivity contribution in [2.75, 3.05) is 0 Å². The minimum absolute atomic E-state index is 0.0340. The zero-order valence-corrected chi connectivity index (χ0v) is 11.8. The van der Waals surface area contributed by atoms with Gasteiger partial charge in [-0.25, -0.2) is 0 Å². The molecule has 0 spiro atoms. The van der Waals surface area contributed by atoms with Gasteiger partial charge in [0.2, 0.25) is 11.2 Å². The zero-order valence-electron chi connectivity index (χ0n) is 11.1. The molecule has 4 nitrogen and oxygen atoms in total. The van der Waals surface area contributed by atoms with E-state index in [0.29, 0.717) is 21.9 Å². The van der Waals surface area contributed by atoms with Gasteiger partial charge in [0, 0.05) is 10.6 Å². The van der Waals surface area contributed by atoms with E-state index in [4.69, 9.17) is 16.0 Å². The SMILES string of the molecule is Cc1oc2c(O)c(O)ccc2c(=O)c1-c1ccccc1Cl. The van der Waals surface area contributed by atoms with Crippen LogP contribution in [0, 0.1) is 6.92 Å². The van der Waals surface area contributed by atoms with Crippen molar-refractivity contribution >= 4 is 22.6 Å². The molecular formula is C16H11ClO4. The summed E-state index contributed by atoms with van der Waals surface area (Å²) >= 11 is 6.14. The van der Waals surface area contributed by atoms with Gasteiger partial charge in [0.15, 0.2) is 11.3 Å². The molecule has 0 bridgehead atoms. The van der Waals surface area contributed by atoms with Crippen molar-refractivity contribution in [3.63, 3.8) is 0 Å². The van der Waals surface area contributed by atoms with Gasteiger partial charge < -0.3 is 14.6 Å². The number of aryl methyl sites for hydroxylation is 1. The molecule has 0 saturated heterocycles. The summed E-state index contributed by atoms with van der Waals surface area (Å²) in [4.78, 5) is 12.7. The first-order chi connectivity index (χ1) is 10.0. The fourth-order valence-electron chi connectivity index (χ4n) is 2.32. The maximum absolute atomic E-state index is 12.7. The van der Waals surface area contributed by atoms with Crippen LogP contribution in [0.1, 0.15) is 5.76 Å². The number of fused-ring (bicyclic) bond motifs is 1. The molecule has 0 unspecified atom stereocenters. The molecule has 0 aliphatic carbocycles.